The number of nitrogens with zero attached hydrogens (tertiary/aromatic N) is 3. The number of rotatable bonds is 4. The van der Waals surface area contributed by atoms with E-state index in [0.717, 1.165) is 11.3 Å². The fourth-order valence-electron chi connectivity index (χ4n) is 2.98. The number of halogens is 1. The van der Waals surface area contributed by atoms with Crippen molar-refractivity contribution in [1.82, 2.24) is 14.8 Å². The summed E-state index contributed by atoms with van der Waals surface area (Å²) in [6, 6.07) is 12.5. The van der Waals surface area contributed by atoms with Crippen molar-refractivity contribution in [3.63, 3.8) is 0 Å². The van der Waals surface area contributed by atoms with Gasteiger partial charge >= 0.3 is 0 Å². The molecule has 2 N–H and O–H groups in total. The molecule has 7 nitrogen and oxygen atoms in total. The molecule has 2 amide bonds. The summed E-state index contributed by atoms with van der Waals surface area (Å²) < 4.78 is 1.59. The van der Waals surface area contributed by atoms with Crippen LogP contribution in [0.2, 0.25) is 5.02 Å². The molecule has 0 bridgehead atoms. The topological polar surface area (TPSA) is 88.9 Å². The third kappa shape index (κ3) is 3.29. The molecule has 2 aromatic carbocycles. The van der Waals surface area contributed by atoms with Crippen molar-refractivity contribution in [2.45, 2.75) is 19.8 Å². The van der Waals surface area contributed by atoms with Crippen molar-refractivity contribution in [1.29, 1.82) is 0 Å². The Bertz CT molecular complexity index is 1060. The first kappa shape index (κ1) is 17.2. The summed E-state index contributed by atoms with van der Waals surface area (Å²) in [5, 5.41) is 10.4. The lowest BCUT2D eigenvalue weighted by Gasteiger charge is -2.06. The van der Waals surface area contributed by atoms with E-state index in [1.54, 1.807) is 28.9 Å². The maximum Gasteiger partial charge on any atom is 0.295 e. The lowest BCUT2D eigenvalue weighted by Crippen LogP contribution is -2.14. The quantitative estimate of drug-likeness (QED) is 0.726. The van der Waals surface area contributed by atoms with Crippen LogP contribution in [0.1, 0.15) is 28.9 Å². The Morgan fingerprint density at radius 2 is 2.11 bits per heavy atom. The number of carbonyl (C=O) groups excluding carboxylic acids is 2. The van der Waals surface area contributed by atoms with Gasteiger partial charge in [0.25, 0.3) is 5.91 Å². The van der Waals surface area contributed by atoms with Crippen molar-refractivity contribution in [2.75, 3.05) is 10.6 Å². The average Bonchev–Trinajstić information content (AvgIpc) is 3.24. The molecule has 1 aliphatic heterocycles. The molecule has 0 atom stereocenters. The van der Waals surface area contributed by atoms with E-state index in [0.29, 0.717) is 35.1 Å². The number of nitrogens with one attached hydrogen (secondary N) is 2. The molecular weight excluding hydrogens is 366 g/mol. The van der Waals surface area contributed by atoms with Crippen LogP contribution in [0.4, 0.5) is 11.4 Å². The van der Waals surface area contributed by atoms with E-state index in [9.17, 15) is 9.59 Å². The highest BCUT2D eigenvalue weighted by molar-refractivity contribution is 6.32. The van der Waals surface area contributed by atoms with E-state index in [2.05, 4.69) is 20.7 Å². The maximum absolute atomic E-state index is 12.6. The average molecular weight is 382 g/mol. The minimum Gasteiger partial charge on any atom is -0.326 e. The number of amides is 2. The van der Waals surface area contributed by atoms with Gasteiger partial charge in [0.2, 0.25) is 11.7 Å². The molecule has 0 fully saturated rings. The van der Waals surface area contributed by atoms with Gasteiger partial charge in [-0.25, -0.2) is 9.67 Å². The summed E-state index contributed by atoms with van der Waals surface area (Å²) >= 11 is 6.25. The van der Waals surface area contributed by atoms with Crippen molar-refractivity contribution >= 4 is 34.8 Å². The smallest absolute Gasteiger partial charge is 0.295 e. The number of benzene rings is 2. The van der Waals surface area contributed by atoms with Gasteiger partial charge in [0.1, 0.15) is 5.82 Å². The van der Waals surface area contributed by atoms with Crippen LogP contribution in [-0.2, 0) is 17.6 Å². The first-order valence-corrected chi connectivity index (χ1v) is 8.88. The molecule has 4 rings (SSSR count). The van der Waals surface area contributed by atoms with Crippen LogP contribution in [0.15, 0.2) is 42.5 Å². The van der Waals surface area contributed by atoms with Gasteiger partial charge < -0.3 is 10.6 Å². The zero-order valence-electron chi connectivity index (χ0n) is 14.5. The van der Waals surface area contributed by atoms with Gasteiger partial charge in [-0.1, -0.05) is 30.7 Å². The predicted molar refractivity (Wildman–Crippen MR) is 102 cm³/mol. The molecule has 136 valence electrons. The van der Waals surface area contributed by atoms with Crippen LogP contribution in [0, 0.1) is 0 Å². The van der Waals surface area contributed by atoms with Gasteiger partial charge in [-0.05, 0) is 35.9 Å². The lowest BCUT2D eigenvalue weighted by molar-refractivity contribution is -0.115. The summed E-state index contributed by atoms with van der Waals surface area (Å²) in [5.74, 6) is 0.215. The zero-order chi connectivity index (χ0) is 19.0. The number of hydrogen-bond acceptors (Lipinski definition) is 4. The summed E-state index contributed by atoms with van der Waals surface area (Å²) in [7, 11) is 0. The van der Waals surface area contributed by atoms with Crippen molar-refractivity contribution < 1.29 is 9.59 Å². The maximum atomic E-state index is 12.6. The number of hydrogen-bond donors (Lipinski definition) is 2. The van der Waals surface area contributed by atoms with E-state index in [1.807, 2.05) is 25.1 Å². The van der Waals surface area contributed by atoms with E-state index < -0.39 is 5.91 Å². The third-order valence-corrected chi connectivity index (χ3v) is 4.58. The van der Waals surface area contributed by atoms with E-state index >= 15 is 0 Å². The van der Waals surface area contributed by atoms with Crippen molar-refractivity contribution in [3.8, 4) is 5.69 Å². The lowest BCUT2D eigenvalue weighted by atomic mass is 10.1. The molecule has 0 aliphatic carbocycles. The summed E-state index contributed by atoms with van der Waals surface area (Å²) in [6.45, 7) is 1.93. The second-order valence-corrected chi connectivity index (χ2v) is 6.53. The molecule has 8 heteroatoms. The molecule has 2 heterocycles. The standard InChI is InChI=1S/C19H16ClN5O2/c1-2-16-23-18(24-25(16)15-6-4-3-5-13(15)20)19(27)21-12-7-8-14-11(9-12)10-17(26)22-14/h3-9H,2,10H2,1H3,(H,21,27)(H,22,26). The van der Waals surface area contributed by atoms with Crippen LogP contribution < -0.4 is 10.6 Å². The van der Waals surface area contributed by atoms with Crippen LogP contribution in [0.3, 0.4) is 0 Å². The van der Waals surface area contributed by atoms with Gasteiger partial charge in [-0.3, -0.25) is 9.59 Å². The molecule has 0 radical (unpaired) electrons. The normalized spacial score (nSPS) is 12.6. The molecule has 0 saturated heterocycles. The van der Waals surface area contributed by atoms with Crippen LogP contribution in [0.25, 0.3) is 5.69 Å². The molecule has 1 aliphatic rings. The second-order valence-electron chi connectivity index (χ2n) is 6.12. The van der Waals surface area contributed by atoms with Crippen LogP contribution >= 0.6 is 11.6 Å². The summed E-state index contributed by atoms with van der Waals surface area (Å²) in [5.41, 5.74) is 2.88. The number of para-hydroxylation sites is 1. The van der Waals surface area contributed by atoms with Gasteiger partial charge in [-0.2, -0.15) is 0 Å². The molecule has 0 spiro atoms. The molecule has 3 aromatic rings. The van der Waals surface area contributed by atoms with Crippen LogP contribution in [0.5, 0.6) is 0 Å². The van der Waals surface area contributed by atoms with Crippen LogP contribution in [-0.4, -0.2) is 26.6 Å². The molecular formula is C19H16ClN5O2. The highest BCUT2D eigenvalue weighted by Gasteiger charge is 2.20. The minimum absolute atomic E-state index is 0.0544. The fraction of sp³-hybridized carbons (Fsp3) is 0.158. The van der Waals surface area contributed by atoms with Gasteiger partial charge in [-0.15, -0.1) is 5.10 Å². The minimum atomic E-state index is -0.423. The van der Waals surface area contributed by atoms with E-state index in [4.69, 9.17) is 11.6 Å². The second kappa shape index (κ2) is 6.85. The fourth-order valence-corrected chi connectivity index (χ4v) is 3.20. The van der Waals surface area contributed by atoms with Crippen molar-refractivity contribution in [3.05, 3.63) is 64.7 Å². The number of carbonyl (C=O) groups is 2. The van der Waals surface area contributed by atoms with Crippen molar-refractivity contribution in [2.24, 2.45) is 0 Å². The number of aryl methyl sites for hydroxylation is 1. The Kier molecular flexibility index (Phi) is 4.37. The summed E-state index contributed by atoms with van der Waals surface area (Å²) in [6.07, 6.45) is 0.899. The van der Waals surface area contributed by atoms with Gasteiger partial charge in [0.15, 0.2) is 0 Å². The monoisotopic (exact) mass is 381 g/mol. The van der Waals surface area contributed by atoms with Gasteiger partial charge in [0, 0.05) is 17.8 Å². The number of anilines is 2. The van der Waals surface area contributed by atoms with E-state index in [-0.39, 0.29) is 11.7 Å². The SMILES string of the molecule is CCc1nc(C(=O)Nc2ccc3c(c2)CC(=O)N3)nn1-c1ccccc1Cl. The Morgan fingerprint density at radius 3 is 2.89 bits per heavy atom. The number of fused-ring (bicyclic) bond motifs is 1. The zero-order valence-corrected chi connectivity index (χ0v) is 15.2. The number of aromatic nitrogens is 3. The largest absolute Gasteiger partial charge is 0.326 e. The molecule has 0 saturated carbocycles. The molecule has 1 aromatic heterocycles. The highest BCUT2D eigenvalue weighted by atomic mass is 35.5. The Morgan fingerprint density at radius 1 is 1.30 bits per heavy atom. The van der Waals surface area contributed by atoms with Gasteiger partial charge in [0.05, 0.1) is 17.1 Å². The third-order valence-electron chi connectivity index (χ3n) is 4.26. The molecule has 0 unspecified atom stereocenters. The highest BCUT2D eigenvalue weighted by Crippen LogP contribution is 2.26. The first-order chi connectivity index (χ1) is 13.0. The molecule has 27 heavy (non-hydrogen) atoms. The Balaban J connectivity index is 1.61. The van der Waals surface area contributed by atoms with E-state index in [1.165, 1.54) is 0 Å². The first-order valence-electron chi connectivity index (χ1n) is 8.50. The Hall–Kier alpha value is -3.19. The summed E-state index contributed by atoms with van der Waals surface area (Å²) in [4.78, 5) is 28.4. The Labute approximate surface area is 160 Å². The predicted octanol–water partition coefficient (Wildman–Crippen LogP) is 3.23.